The van der Waals surface area contributed by atoms with Crippen LogP contribution in [0.25, 0.3) is 0 Å². The molecule has 3 rings (SSSR count). The first-order valence-corrected chi connectivity index (χ1v) is 9.59. The van der Waals surface area contributed by atoms with Crippen LogP contribution in [0.5, 0.6) is 0 Å². The van der Waals surface area contributed by atoms with Crippen LogP contribution in [0.15, 0.2) is 18.2 Å². The monoisotopic (exact) mass is 349 g/mol. The molecule has 4 nitrogen and oxygen atoms in total. The second-order valence-corrected chi connectivity index (χ2v) is 7.99. The number of benzene rings is 1. The minimum Gasteiger partial charge on any atom is -0.393 e. The van der Waals surface area contributed by atoms with Gasteiger partial charge in [-0.15, -0.1) is 0 Å². The van der Waals surface area contributed by atoms with Gasteiger partial charge in [0, 0.05) is 38.3 Å². The van der Waals surface area contributed by atoms with Gasteiger partial charge in [0.2, 0.25) is 0 Å². The number of aliphatic hydroxyl groups is 1. The molecule has 0 aliphatic carbocycles. The van der Waals surface area contributed by atoms with Gasteiger partial charge in [-0.1, -0.05) is 13.0 Å². The predicted molar refractivity (Wildman–Crippen MR) is 100 cm³/mol. The van der Waals surface area contributed by atoms with Crippen molar-refractivity contribution in [2.24, 2.45) is 5.92 Å². The van der Waals surface area contributed by atoms with Crippen LogP contribution in [-0.2, 0) is 6.54 Å². The molecule has 0 bridgehead atoms. The first-order chi connectivity index (χ1) is 11.9. The van der Waals surface area contributed by atoms with Gasteiger partial charge in [-0.2, -0.15) is 0 Å². The molecule has 0 spiro atoms. The first-order valence-electron chi connectivity index (χ1n) is 9.59. The molecule has 0 amide bonds. The van der Waals surface area contributed by atoms with Crippen LogP contribution in [-0.4, -0.2) is 54.9 Å². The Morgan fingerprint density at radius 1 is 1.24 bits per heavy atom. The highest BCUT2D eigenvalue weighted by molar-refractivity contribution is 5.49. The maximum absolute atomic E-state index is 14.5. The van der Waals surface area contributed by atoms with Gasteiger partial charge in [-0.3, -0.25) is 0 Å². The number of halogens is 1. The summed E-state index contributed by atoms with van der Waals surface area (Å²) >= 11 is 0. The van der Waals surface area contributed by atoms with E-state index >= 15 is 0 Å². The molecule has 2 aliphatic rings. The second kappa shape index (κ2) is 8.02. The fourth-order valence-corrected chi connectivity index (χ4v) is 4.10. The Morgan fingerprint density at radius 3 is 2.64 bits per heavy atom. The van der Waals surface area contributed by atoms with Crippen LogP contribution in [0, 0.1) is 11.7 Å². The third-order valence-corrected chi connectivity index (χ3v) is 6.00. The van der Waals surface area contributed by atoms with E-state index in [2.05, 4.69) is 31.1 Å². The van der Waals surface area contributed by atoms with E-state index in [1.807, 2.05) is 17.0 Å². The van der Waals surface area contributed by atoms with E-state index in [0.717, 1.165) is 44.5 Å². The molecule has 2 fully saturated rings. The van der Waals surface area contributed by atoms with Gasteiger partial charge in [0.15, 0.2) is 0 Å². The molecule has 3 unspecified atom stereocenters. The fourth-order valence-electron chi connectivity index (χ4n) is 4.10. The molecule has 2 heterocycles. The van der Waals surface area contributed by atoms with Gasteiger partial charge in [0.1, 0.15) is 5.82 Å². The summed E-state index contributed by atoms with van der Waals surface area (Å²) in [6.45, 7) is 7.81. The van der Waals surface area contributed by atoms with Crippen molar-refractivity contribution < 1.29 is 9.50 Å². The SMILES string of the molecule is CC1CN(C)C(C)CC1NCc1ccc(N2CCC(O)CC2)c(F)c1. The van der Waals surface area contributed by atoms with Crippen molar-refractivity contribution in [1.29, 1.82) is 0 Å². The Balaban J connectivity index is 1.58. The summed E-state index contributed by atoms with van der Waals surface area (Å²) in [4.78, 5) is 4.45. The molecule has 5 heteroatoms. The lowest BCUT2D eigenvalue weighted by atomic mass is 9.89. The van der Waals surface area contributed by atoms with Gasteiger partial charge in [0.05, 0.1) is 11.8 Å². The average Bonchev–Trinajstić information content (AvgIpc) is 2.58. The van der Waals surface area contributed by atoms with Crippen LogP contribution in [0.4, 0.5) is 10.1 Å². The molecule has 25 heavy (non-hydrogen) atoms. The van der Waals surface area contributed by atoms with Crippen molar-refractivity contribution in [2.75, 3.05) is 31.6 Å². The summed E-state index contributed by atoms with van der Waals surface area (Å²) < 4.78 is 14.5. The van der Waals surface area contributed by atoms with Gasteiger partial charge in [0.25, 0.3) is 0 Å². The van der Waals surface area contributed by atoms with Crippen molar-refractivity contribution >= 4 is 5.69 Å². The van der Waals surface area contributed by atoms with E-state index in [-0.39, 0.29) is 11.9 Å². The Bertz CT molecular complexity index is 574. The number of anilines is 1. The van der Waals surface area contributed by atoms with Crippen LogP contribution in [0.2, 0.25) is 0 Å². The van der Waals surface area contributed by atoms with Crippen LogP contribution < -0.4 is 10.2 Å². The Hall–Kier alpha value is -1.17. The molecule has 0 aromatic heterocycles. The van der Waals surface area contributed by atoms with Crippen LogP contribution in [0.3, 0.4) is 0 Å². The third kappa shape index (κ3) is 4.52. The zero-order valence-corrected chi connectivity index (χ0v) is 15.7. The Kier molecular flexibility index (Phi) is 5.97. The van der Waals surface area contributed by atoms with Gasteiger partial charge in [-0.25, -0.2) is 4.39 Å². The molecule has 2 aliphatic heterocycles. The summed E-state index contributed by atoms with van der Waals surface area (Å²) in [5.74, 6) is 0.450. The van der Waals surface area contributed by atoms with Crippen molar-refractivity contribution in [3.05, 3.63) is 29.6 Å². The highest BCUT2D eigenvalue weighted by Crippen LogP contribution is 2.25. The maximum atomic E-state index is 14.5. The lowest BCUT2D eigenvalue weighted by molar-refractivity contribution is 0.121. The molecule has 0 radical (unpaired) electrons. The lowest BCUT2D eigenvalue weighted by Crippen LogP contribution is -2.50. The molecule has 2 N–H and O–H groups in total. The molecular formula is C20H32FN3O. The standard InChI is InChI=1S/C20H32FN3O/c1-14-13-23(3)15(2)10-19(14)22-12-16-4-5-20(18(21)11-16)24-8-6-17(25)7-9-24/h4-5,11,14-15,17,19,22,25H,6-10,12-13H2,1-3H3. The van der Waals surface area contributed by atoms with E-state index in [9.17, 15) is 9.50 Å². The van der Waals surface area contributed by atoms with Gasteiger partial charge in [-0.05, 0) is 56.8 Å². The summed E-state index contributed by atoms with van der Waals surface area (Å²) in [7, 11) is 2.19. The molecule has 1 aromatic rings. The van der Waals surface area contributed by atoms with E-state index < -0.39 is 0 Å². The van der Waals surface area contributed by atoms with Gasteiger partial charge < -0.3 is 20.2 Å². The number of likely N-dealkylation sites (tertiary alicyclic amines) is 1. The quantitative estimate of drug-likeness (QED) is 0.876. The van der Waals surface area contributed by atoms with Crippen molar-refractivity contribution in [1.82, 2.24) is 10.2 Å². The zero-order valence-electron chi connectivity index (χ0n) is 15.7. The summed E-state index contributed by atoms with van der Waals surface area (Å²) in [5, 5.41) is 13.2. The maximum Gasteiger partial charge on any atom is 0.146 e. The van der Waals surface area contributed by atoms with E-state index in [1.165, 1.54) is 0 Å². The lowest BCUT2D eigenvalue weighted by Gasteiger charge is -2.40. The Labute approximate surface area is 151 Å². The minimum atomic E-state index is -0.235. The third-order valence-electron chi connectivity index (χ3n) is 6.00. The van der Waals surface area contributed by atoms with Crippen molar-refractivity contribution in [3.8, 4) is 0 Å². The van der Waals surface area contributed by atoms with Crippen LogP contribution >= 0.6 is 0 Å². The largest absolute Gasteiger partial charge is 0.393 e. The number of aliphatic hydroxyl groups excluding tert-OH is 1. The summed E-state index contributed by atoms with van der Waals surface area (Å²) in [6.07, 6.45) is 2.33. The molecule has 0 saturated carbocycles. The van der Waals surface area contributed by atoms with E-state index in [1.54, 1.807) is 6.07 Å². The number of hydrogen-bond acceptors (Lipinski definition) is 4. The fraction of sp³-hybridized carbons (Fsp3) is 0.700. The molecule has 140 valence electrons. The molecule has 1 aromatic carbocycles. The number of nitrogens with zero attached hydrogens (tertiary/aromatic N) is 2. The first kappa shape index (κ1) is 18.6. The second-order valence-electron chi connectivity index (χ2n) is 7.99. The molecule has 3 atom stereocenters. The predicted octanol–water partition coefficient (Wildman–Crippen LogP) is 2.61. The smallest absolute Gasteiger partial charge is 0.146 e. The van der Waals surface area contributed by atoms with Gasteiger partial charge >= 0.3 is 0 Å². The Morgan fingerprint density at radius 2 is 1.96 bits per heavy atom. The van der Waals surface area contributed by atoms with Crippen molar-refractivity contribution in [3.63, 3.8) is 0 Å². The number of rotatable bonds is 4. The van der Waals surface area contributed by atoms with E-state index in [4.69, 9.17) is 0 Å². The highest BCUT2D eigenvalue weighted by atomic mass is 19.1. The topological polar surface area (TPSA) is 38.7 Å². The van der Waals surface area contributed by atoms with E-state index in [0.29, 0.717) is 30.2 Å². The average molecular weight is 349 g/mol. The number of piperidine rings is 2. The zero-order chi connectivity index (χ0) is 18.0. The highest BCUT2D eigenvalue weighted by Gasteiger charge is 2.28. The minimum absolute atomic E-state index is 0.152. The van der Waals surface area contributed by atoms with Crippen LogP contribution in [0.1, 0.15) is 38.7 Å². The number of hydrogen-bond donors (Lipinski definition) is 2. The molecular weight excluding hydrogens is 317 g/mol. The summed E-state index contributed by atoms with van der Waals surface area (Å²) in [6, 6.07) is 6.65. The molecule has 2 saturated heterocycles. The number of nitrogens with one attached hydrogen (secondary N) is 1. The summed E-state index contributed by atoms with van der Waals surface area (Å²) in [5.41, 5.74) is 1.66. The van der Waals surface area contributed by atoms with Crippen molar-refractivity contribution in [2.45, 2.75) is 57.8 Å². The normalized spacial score (nSPS) is 29.2.